The van der Waals surface area contributed by atoms with Gasteiger partial charge in [0.05, 0.1) is 12.7 Å². The largest absolute Gasteiger partial charge is 0.410 e. The number of aliphatic hydroxyl groups is 5. The fraction of sp³-hybridized carbons (Fsp3) is 0.727. The van der Waals surface area contributed by atoms with Crippen LogP contribution in [0, 0.1) is 0 Å². The number of aliphatic hydroxyl groups excluding tert-OH is 5. The molecule has 0 aliphatic carbocycles. The first kappa shape index (κ1) is 17.4. The van der Waals surface area contributed by atoms with Crippen molar-refractivity contribution in [2.45, 2.75) is 42.4 Å². The van der Waals surface area contributed by atoms with Crippen molar-refractivity contribution in [2.24, 2.45) is 5.16 Å². The Morgan fingerprint density at radius 2 is 1.95 bits per heavy atom. The SMILES string of the molecule is C=C[C@@H](O)C/C(=N\O)S[C@@H]1O[C@H](CO)[C@@H](O)[C@H](O)[C@H]1O. The molecule has 20 heavy (non-hydrogen) atoms. The van der Waals surface area contributed by atoms with E-state index in [1.807, 2.05) is 0 Å². The third-order valence-electron chi connectivity index (χ3n) is 2.87. The summed E-state index contributed by atoms with van der Waals surface area (Å²) in [6.45, 7) is 2.84. The number of hydrogen-bond donors (Lipinski definition) is 6. The van der Waals surface area contributed by atoms with Gasteiger partial charge in [0.25, 0.3) is 0 Å². The fourth-order valence-electron chi connectivity index (χ4n) is 1.67. The van der Waals surface area contributed by atoms with Crippen LogP contribution in [0.4, 0.5) is 0 Å². The minimum absolute atomic E-state index is 0.0420. The van der Waals surface area contributed by atoms with Gasteiger partial charge in [0.15, 0.2) is 0 Å². The highest BCUT2D eigenvalue weighted by Gasteiger charge is 2.44. The first-order valence-corrected chi connectivity index (χ1v) is 6.81. The second-order valence-electron chi connectivity index (χ2n) is 4.32. The molecule has 0 saturated carbocycles. The minimum Gasteiger partial charge on any atom is -0.410 e. The van der Waals surface area contributed by atoms with Crippen molar-refractivity contribution < 1.29 is 35.5 Å². The molecule has 0 spiro atoms. The summed E-state index contributed by atoms with van der Waals surface area (Å²) in [7, 11) is 0. The maximum absolute atomic E-state index is 9.80. The van der Waals surface area contributed by atoms with Crippen molar-refractivity contribution in [3.63, 3.8) is 0 Å². The lowest BCUT2D eigenvalue weighted by atomic mass is 10.0. The molecule has 0 aromatic carbocycles. The highest BCUT2D eigenvalue weighted by molar-refractivity contribution is 8.14. The molecule has 9 heteroatoms. The molecule has 0 radical (unpaired) electrons. The molecule has 1 fully saturated rings. The fourth-order valence-corrected chi connectivity index (χ4v) is 2.75. The van der Waals surface area contributed by atoms with Crippen LogP contribution in [-0.2, 0) is 4.74 Å². The van der Waals surface area contributed by atoms with Crippen LogP contribution < -0.4 is 0 Å². The van der Waals surface area contributed by atoms with E-state index < -0.39 is 42.6 Å². The number of thioether (sulfide) groups is 1. The Bertz CT molecular complexity index is 352. The van der Waals surface area contributed by atoms with Gasteiger partial charge in [-0.2, -0.15) is 0 Å². The Morgan fingerprint density at radius 3 is 2.45 bits per heavy atom. The third-order valence-corrected chi connectivity index (χ3v) is 4.01. The van der Waals surface area contributed by atoms with Crippen molar-refractivity contribution >= 4 is 16.8 Å². The van der Waals surface area contributed by atoms with Crippen LogP contribution in [0.25, 0.3) is 0 Å². The first-order valence-electron chi connectivity index (χ1n) is 5.93. The Kier molecular flexibility index (Phi) is 6.89. The first-order chi connectivity index (χ1) is 9.44. The van der Waals surface area contributed by atoms with Gasteiger partial charge in [-0.3, -0.25) is 0 Å². The summed E-state index contributed by atoms with van der Waals surface area (Å²) >= 11 is 0.780. The highest BCUT2D eigenvalue weighted by atomic mass is 32.2. The van der Waals surface area contributed by atoms with E-state index in [0.29, 0.717) is 0 Å². The van der Waals surface area contributed by atoms with Gasteiger partial charge in [0.1, 0.15) is 34.9 Å². The van der Waals surface area contributed by atoms with Gasteiger partial charge in [0, 0.05) is 6.42 Å². The predicted molar refractivity (Wildman–Crippen MR) is 71.4 cm³/mol. The summed E-state index contributed by atoms with van der Waals surface area (Å²) in [6.07, 6.45) is -5.13. The van der Waals surface area contributed by atoms with Crippen LogP contribution in [0.15, 0.2) is 17.8 Å². The Hall–Kier alpha value is -0.680. The molecule has 116 valence electrons. The molecule has 1 aliphatic rings. The number of oxime groups is 1. The van der Waals surface area contributed by atoms with E-state index in [2.05, 4.69) is 11.7 Å². The van der Waals surface area contributed by atoms with E-state index in [1.54, 1.807) is 0 Å². The lowest BCUT2D eigenvalue weighted by Gasteiger charge is -2.39. The zero-order valence-corrected chi connectivity index (χ0v) is 11.4. The minimum atomic E-state index is -1.50. The second-order valence-corrected chi connectivity index (χ2v) is 5.49. The molecule has 1 heterocycles. The maximum Gasteiger partial charge on any atom is 0.138 e. The van der Waals surface area contributed by atoms with Crippen LogP contribution in [0.3, 0.4) is 0 Å². The van der Waals surface area contributed by atoms with Crippen LogP contribution in [0.5, 0.6) is 0 Å². The molecule has 6 atom stereocenters. The Morgan fingerprint density at radius 1 is 1.30 bits per heavy atom. The molecule has 6 N–H and O–H groups in total. The third kappa shape index (κ3) is 4.16. The topological polar surface area (TPSA) is 143 Å². The number of ether oxygens (including phenoxy) is 1. The molecule has 8 nitrogen and oxygen atoms in total. The average Bonchev–Trinajstić information content (AvgIpc) is 2.46. The van der Waals surface area contributed by atoms with E-state index in [1.165, 1.54) is 6.08 Å². The van der Waals surface area contributed by atoms with Crippen LogP contribution in [0.1, 0.15) is 6.42 Å². The molecule has 1 rings (SSSR count). The molecular weight excluding hydrogens is 290 g/mol. The van der Waals surface area contributed by atoms with E-state index in [9.17, 15) is 20.4 Å². The monoisotopic (exact) mass is 309 g/mol. The van der Waals surface area contributed by atoms with Gasteiger partial charge in [-0.05, 0) is 0 Å². The van der Waals surface area contributed by atoms with E-state index in [4.69, 9.17) is 15.1 Å². The lowest BCUT2D eigenvalue weighted by molar-refractivity contribution is -0.205. The van der Waals surface area contributed by atoms with Crippen molar-refractivity contribution in [3.05, 3.63) is 12.7 Å². The summed E-state index contributed by atoms with van der Waals surface area (Å²) in [4.78, 5) is 0. The van der Waals surface area contributed by atoms with E-state index >= 15 is 0 Å². The standard InChI is InChI=1S/C11H19NO7S/c1-2-5(14)3-7(12-18)20-11-10(17)9(16)8(15)6(4-13)19-11/h2,5-6,8-11,13-18H,1,3-4H2/b12-7+/t5-,6-,8-,9+,10-,11+/m1/s1. The van der Waals surface area contributed by atoms with Crippen molar-refractivity contribution in [1.82, 2.24) is 0 Å². The van der Waals surface area contributed by atoms with Crippen molar-refractivity contribution in [3.8, 4) is 0 Å². The number of hydrogen-bond acceptors (Lipinski definition) is 9. The summed E-state index contributed by atoms with van der Waals surface area (Å²) in [6, 6.07) is 0. The molecule has 0 unspecified atom stereocenters. The Labute approximate surface area is 120 Å². The summed E-state index contributed by atoms with van der Waals surface area (Å²) in [5, 5.41) is 59.3. The van der Waals surface area contributed by atoms with Gasteiger partial charge in [0.2, 0.25) is 0 Å². The normalized spacial score (nSPS) is 36.6. The predicted octanol–water partition coefficient (Wildman–Crippen LogP) is -1.76. The highest BCUT2D eigenvalue weighted by Crippen LogP contribution is 2.30. The molecule has 1 aliphatic heterocycles. The second kappa shape index (κ2) is 7.93. The molecule has 1 saturated heterocycles. The average molecular weight is 309 g/mol. The van der Waals surface area contributed by atoms with Gasteiger partial charge in [-0.25, -0.2) is 0 Å². The molecular formula is C11H19NO7S. The van der Waals surface area contributed by atoms with E-state index in [-0.39, 0.29) is 11.5 Å². The van der Waals surface area contributed by atoms with Crippen molar-refractivity contribution in [1.29, 1.82) is 0 Å². The smallest absolute Gasteiger partial charge is 0.138 e. The zero-order valence-electron chi connectivity index (χ0n) is 10.6. The lowest BCUT2D eigenvalue weighted by Crippen LogP contribution is -2.57. The van der Waals surface area contributed by atoms with Gasteiger partial charge in [-0.15, -0.1) is 6.58 Å². The number of rotatable bonds is 5. The van der Waals surface area contributed by atoms with Crippen LogP contribution >= 0.6 is 11.8 Å². The summed E-state index contributed by atoms with van der Waals surface area (Å²) in [5.41, 5.74) is -1.05. The summed E-state index contributed by atoms with van der Waals surface area (Å²) < 4.78 is 5.23. The van der Waals surface area contributed by atoms with Gasteiger partial charge in [-0.1, -0.05) is 23.0 Å². The molecule has 0 aromatic rings. The van der Waals surface area contributed by atoms with Crippen LogP contribution in [-0.4, -0.2) is 78.3 Å². The van der Waals surface area contributed by atoms with E-state index in [0.717, 1.165) is 11.8 Å². The molecule has 0 amide bonds. The maximum atomic E-state index is 9.80. The summed E-state index contributed by atoms with van der Waals surface area (Å²) in [5.74, 6) is 0. The van der Waals surface area contributed by atoms with Gasteiger partial charge >= 0.3 is 0 Å². The molecule has 0 aromatic heterocycles. The quantitative estimate of drug-likeness (QED) is 0.115. The van der Waals surface area contributed by atoms with Crippen LogP contribution in [0.2, 0.25) is 0 Å². The van der Waals surface area contributed by atoms with Crippen molar-refractivity contribution in [2.75, 3.05) is 6.61 Å². The Balaban J connectivity index is 2.71. The molecule has 0 bridgehead atoms. The zero-order chi connectivity index (χ0) is 15.3. The van der Waals surface area contributed by atoms with Gasteiger partial charge < -0.3 is 35.5 Å². The number of nitrogens with zero attached hydrogens (tertiary/aromatic N) is 1.